The third-order valence-corrected chi connectivity index (χ3v) is 16.5. The molecule has 0 aromatic rings. The molecule has 0 spiro atoms. The van der Waals surface area contributed by atoms with Gasteiger partial charge in [0.05, 0.1) is 0 Å². The maximum absolute atomic E-state index is 2.90. The predicted octanol–water partition coefficient (Wildman–Crippen LogP) is 1.35. The van der Waals surface area contributed by atoms with Gasteiger partial charge in [-0.25, -0.2) is 0 Å². The standard InChI is InChI=1S/C11H20I2N2/c1-4-14-5-2-12(1)7-10(14)11-8-13-3-6-15(11)9-13/h10-11H,1-9H2. The molecule has 2 nitrogen and oxygen atoms in total. The van der Waals surface area contributed by atoms with E-state index in [4.69, 9.17) is 0 Å². The summed E-state index contributed by atoms with van der Waals surface area (Å²) in [6, 6.07) is 2.12. The van der Waals surface area contributed by atoms with E-state index in [0.29, 0.717) is 0 Å². The number of hydrogen-bond acceptors (Lipinski definition) is 2. The van der Waals surface area contributed by atoms with E-state index < -0.39 is 19.8 Å². The zero-order valence-electron chi connectivity index (χ0n) is 9.17. The molecule has 5 saturated heterocycles. The second-order valence-corrected chi connectivity index (χ2v) is 17.3. The van der Waals surface area contributed by atoms with Crippen LogP contribution in [0.5, 0.6) is 0 Å². The number of rotatable bonds is 1. The normalized spacial score (nSPS) is 52.8. The Hall–Kier alpha value is 1.38. The third-order valence-electron chi connectivity index (χ3n) is 4.37. The van der Waals surface area contributed by atoms with Crippen LogP contribution in [0.25, 0.3) is 0 Å². The van der Waals surface area contributed by atoms with E-state index in [-0.39, 0.29) is 19.8 Å². The molecule has 0 radical (unpaired) electrons. The van der Waals surface area contributed by atoms with Gasteiger partial charge >= 0.3 is 108 Å². The molecule has 4 heteroatoms. The second kappa shape index (κ2) is 3.95. The molecular weight excluding hydrogens is 414 g/mol. The molecule has 0 saturated carbocycles. The molecule has 3 unspecified atom stereocenters. The van der Waals surface area contributed by atoms with Gasteiger partial charge in [0, 0.05) is 0 Å². The van der Waals surface area contributed by atoms with E-state index in [2.05, 4.69) is 9.80 Å². The van der Waals surface area contributed by atoms with Crippen LogP contribution in [0, 0.1) is 0 Å². The molecule has 0 amide bonds. The van der Waals surface area contributed by atoms with E-state index >= 15 is 0 Å². The third kappa shape index (κ3) is 1.69. The Morgan fingerprint density at radius 2 is 1.33 bits per heavy atom. The van der Waals surface area contributed by atoms with Gasteiger partial charge in [-0.15, -0.1) is 0 Å². The molecule has 5 rings (SSSR count). The fourth-order valence-corrected chi connectivity index (χ4v) is 16.7. The average molecular weight is 434 g/mol. The fourth-order valence-electron chi connectivity index (χ4n) is 3.43. The van der Waals surface area contributed by atoms with Gasteiger partial charge in [0.1, 0.15) is 0 Å². The number of hydrogen-bond donors (Lipinski definition) is 0. The van der Waals surface area contributed by atoms with Crippen LogP contribution in [0.3, 0.4) is 0 Å². The summed E-state index contributed by atoms with van der Waals surface area (Å²) in [5.74, 6) is 0. The summed E-state index contributed by atoms with van der Waals surface area (Å²) in [5, 5.41) is 0. The van der Waals surface area contributed by atoms with E-state index in [1.165, 1.54) is 19.6 Å². The van der Waals surface area contributed by atoms with Crippen molar-refractivity contribution in [2.75, 3.05) is 46.3 Å². The van der Waals surface area contributed by atoms with Crippen molar-refractivity contribution < 1.29 is 0 Å². The van der Waals surface area contributed by atoms with Gasteiger partial charge in [-0.2, -0.15) is 0 Å². The molecule has 4 bridgehead atoms. The molecule has 5 aliphatic rings. The maximum atomic E-state index is 2.90. The number of alkyl halides is 6. The molecule has 0 aliphatic carbocycles. The van der Waals surface area contributed by atoms with Crippen LogP contribution in [-0.4, -0.2) is 68.2 Å². The first-order chi connectivity index (χ1) is 7.40. The van der Waals surface area contributed by atoms with Crippen molar-refractivity contribution in [1.29, 1.82) is 0 Å². The molecule has 0 aromatic carbocycles. The van der Waals surface area contributed by atoms with Gasteiger partial charge in [-0.1, -0.05) is 0 Å². The first-order valence-electron chi connectivity index (χ1n) is 6.03. The van der Waals surface area contributed by atoms with Crippen LogP contribution in [-0.2, 0) is 0 Å². The fraction of sp³-hybridized carbons (Fsp3) is 1.00. The summed E-state index contributed by atoms with van der Waals surface area (Å²) < 4.78 is 10.00. The summed E-state index contributed by atoms with van der Waals surface area (Å²) in [6.07, 6.45) is 0. The van der Waals surface area contributed by atoms with Crippen LogP contribution in [0.4, 0.5) is 0 Å². The van der Waals surface area contributed by atoms with E-state index in [9.17, 15) is 0 Å². The zero-order valence-corrected chi connectivity index (χ0v) is 13.5. The zero-order chi connectivity index (χ0) is 9.83. The van der Waals surface area contributed by atoms with Crippen molar-refractivity contribution in [3.63, 3.8) is 0 Å². The molecule has 5 fully saturated rings. The van der Waals surface area contributed by atoms with Crippen molar-refractivity contribution in [3.05, 3.63) is 0 Å². The quantitative estimate of drug-likeness (QED) is 0.350. The molecule has 0 aromatic heterocycles. The predicted molar refractivity (Wildman–Crippen MR) is 83.1 cm³/mol. The summed E-state index contributed by atoms with van der Waals surface area (Å²) in [5.41, 5.74) is 0. The van der Waals surface area contributed by atoms with Gasteiger partial charge in [0.2, 0.25) is 0 Å². The van der Waals surface area contributed by atoms with Crippen molar-refractivity contribution >= 4 is 39.6 Å². The molecule has 5 heterocycles. The molecular formula is C11H20I2N2. The van der Waals surface area contributed by atoms with Crippen LogP contribution in [0.2, 0.25) is 0 Å². The summed E-state index contributed by atoms with van der Waals surface area (Å²) in [4.78, 5) is 5.77. The monoisotopic (exact) mass is 434 g/mol. The van der Waals surface area contributed by atoms with E-state index in [1.807, 2.05) is 0 Å². The Bertz CT molecular complexity index is 265. The number of halogens is 2. The Kier molecular flexibility index (Phi) is 2.72. The van der Waals surface area contributed by atoms with E-state index in [0.717, 1.165) is 12.1 Å². The summed E-state index contributed by atoms with van der Waals surface area (Å²) in [7, 11) is 0. The molecule has 3 atom stereocenters. The first kappa shape index (κ1) is 10.3. The van der Waals surface area contributed by atoms with Gasteiger partial charge in [-0.05, 0) is 0 Å². The molecule has 88 valence electrons. The van der Waals surface area contributed by atoms with Crippen LogP contribution < -0.4 is 0 Å². The Morgan fingerprint density at radius 3 is 1.87 bits per heavy atom. The minimum absolute atomic E-state index is 0.389. The van der Waals surface area contributed by atoms with Crippen molar-refractivity contribution in [3.8, 4) is 0 Å². The van der Waals surface area contributed by atoms with Crippen LogP contribution in [0.15, 0.2) is 0 Å². The molecule has 15 heavy (non-hydrogen) atoms. The van der Waals surface area contributed by atoms with Gasteiger partial charge in [0.15, 0.2) is 0 Å². The number of fused-ring (bicyclic) bond motifs is 5. The second-order valence-electron chi connectivity index (χ2n) is 5.11. The summed E-state index contributed by atoms with van der Waals surface area (Å²) >= 11 is -0.787. The topological polar surface area (TPSA) is 6.48 Å². The van der Waals surface area contributed by atoms with E-state index in [1.54, 1.807) is 26.7 Å². The van der Waals surface area contributed by atoms with Crippen molar-refractivity contribution in [2.24, 2.45) is 0 Å². The van der Waals surface area contributed by atoms with Crippen LogP contribution >= 0.6 is 39.6 Å². The number of nitrogens with zero attached hydrogens (tertiary/aromatic N) is 2. The SMILES string of the molecule is C1CI2CCN1C(C1CI3CCN1C3)C2. The minimum atomic E-state index is -0.398. The average Bonchev–Trinajstić information content (AvgIpc) is 2.92. The van der Waals surface area contributed by atoms with Gasteiger partial charge in [0.25, 0.3) is 0 Å². The van der Waals surface area contributed by atoms with Crippen molar-refractivity contribution in [1.82, 2.24) is 9.80 Å². The molecule has 5 aliphatic heterocycles. The van der Waals surface area contributed by atoms with Gasteiger partial charge < -0.3 is 0 Å². The van der Waals surface area contributed by atoms with Crippen LogP contribution in [0.1, 0.15) is 0 Å². The van der Waals surface area contributed by atoms with Crippen molar-refractivity contribution in [2.45, 2.75) is 12.1 Å². The first-order valence-corrected chi connectivity index (χ1v) is 15.2. The van der Waals surface area contributed by atoms with Gasteiger partial charge in [-0.3, -0.25) is 0 Å². The molecule has 0 N–H and O–H groups in total. The Labute approximate surface area is 107 Å². The Balaban J connectivity index is 1.53. The summed E-state index contributed by atoms with van der Waals surface area (Å²) in [6.45, 7) is 4.48. The Morgan fingerprint density at radius 1 is 0.733 bits per heavy atom.